The number of rotatable bonds is 5. The van der Waals surface area contributed by atoms with Gasteiger partial charge in [0.15, 0.2) is 0 Å². The van der Waals surface area contributed by atoms with Crippen molar-refractivity contribution < 1.29 is 4.74 Å². The first kappa shape index (κ1) is 10.7. The second-order valence-corrected chi connectivity index (χ2v) is 4.19. The van der Waals surface area contributed by atoms with E-state index in [0.29, 0.717) is 11.1 Å². The van der Waals surface area contributed by atoms with Crippen LogP contribution in [0.15, 0.2) is 18.3 Å². The second-order valence-electron chi connectivity index (χ2n) is 3.75. The number of anilines is 1. The number of methoxy groups -OCH3 is 1. The molecule has 15 heavy (non-hydrogen) atoms. The summed E-state index contributed by atoms with van der Waals surface area (Å²) < 4.78 is 5.10. The van der Waals surface area contributed by atoms with Crippen LogP contribution in [-0.4, -0.2) is 31.3 Å². The number of hydrogen-bond acceptors (Lipinski definition) is 3. The summed E-state index contributed by atoms with van der Waals surface area (Å²) in [4.78, 5) is 6.62. The largest absolute Gasteiger partial charge is 0.383 e. The molecule has 82 valence electrons. The quantitative estimate of drug-likeness (QED) is 0.771. The molecule has 1 aliphatic carbocycles. The summed E-state index contributed by atoms with van der Waals surface area (Å²) in [6.45, 7) is 1.64. The third-order valence-electron chi connectivity index (χ3n) is 2.53. The van der Waals surface area contributed by atoms with Crippen molar-refractivity contribution in [2.45, 2.75) is 18.9 Å². The summed E-state index contributed by atoms with van der Waals surface area (Å²) in [6.07, 6.45) is 4.21. The third-order valence-corrected chi connectivity index (χ3v) is 2.75. The number of ether oxygens (including phenoxy) is 1. The zero-order valence-electron chi connectivity index (χ0n) is 8.82. The molecule has 0 aliphatic heterocycles. The fourth-order valence-electron chi connectivity index (χ4n) is 1.60. The molecule has 1 aromatic rings. The van der Waals surface area contributed by atoms with E-state index in [9.17, 15) is 0 Å². The molecule has 1 saturated carbocycles. The van der Waals surface area contributed by atoms with Gasteiger partial charge in [-0.15, -0.1) is 0 Å². The van der Waals surface area contributed by atoms with E-state index in [-0.39, 0.29) is 0 Å². The first-order valence-electron chi connectivity index (χ1n) is 5.18. The third kappa shape index (κ3) is 2.83. The van der Waals surface area contributed by atoms with Gasteiger partial charge in [-0.3, -0.25) is 0 Å². The van der Waals surface area contributed by atoms with E-state index >= 15 is 0 Å². The van der Waals surface area contributed by atoms with Crippen molar-refractivity contribution in [2.24, 2.45) is 0 Å². The molecule has 2 rings (SSSR count). The van der Waals surface area contributed by atoms with Gasteiger partial charge in [0.1, 0.15) is 5.82 Å². The molecule has 0 aromatic carbocycles. The highest BCUT2D eigenvalue weighted by Gasteiger charge is 2.29. The average molecular weight is 227 g/mol. The van der Waals surface area contributed by atoms with Crippen molar-refractivity contribution in [1.29, 1.82) is 0 Å². The number of pyridine rings is 1. The zero-order chi connectivity index (χ0) is 10.7. The molecule has 0 radical (unpaired) electrons. The normalized spacial score (nSPS) is 15.3. The average Bonchev–Trinajstić information content (AvgIpc) is 3.05. The Labute approximate surface area is 95.0 Å². The SMILES string of the molecule is COCCN(c1ccc(Cl)cn1)C1CC1. The molecule has 1 aliphatic rings. The molecule has 4 heteroatoms. The first-order valence-corrected chi connectivity index (χ1v) is 5.56. The van der Waals surface area contributed by atoms with Crippen molar-refractivity contribution in [3.8, 4) is 0 Å². The van der Waals surface area contributed by atoms with Gasteiger partial charge in [0.25, 0.3) is 0 Å². The molecule has 0 spiro atoms. The summed E-state index contributed by atoms with van der Waals surface area (Å²) in [7, 11) is 1.72. The monoisotopic (exact) mass is 226 g/mol. The topological polar surface area (TPSA) is 25.4 Å². The van der Waals surface area contributed by atoms with Gasteiger partial charge in [-0.25, -0.2) is 4.98 Å². The van der Waals surface area contributed by atoms with Gasteiger partial charge in [-0.1, -0.05) is 11.6 Å². The fourth-order valence-corrected chi connectivity index (χ4v) is 1.71. The van der Waals surface area contributed by atoms with Gasteiger partial charge in [-0.05, 0) is 25.0 Å². The van der Waals surface area contributed by atoms with Crippen molar-refractivity contribution in [3.05, 3.63) is 23.4 Å². The maximum atomic E-state index is 5.81. The van der Waals surface area contributed by atoms with E-state index in [1.54, 1.807) is 13.3 Å². The second kappa shape index (κ2) is 4.81. The maximum absolute atomic E-state index is 5.81. The van der Waals surface area contributed by atoms with Crippen LogP contribution in [-0.2, 0) is 4.74 Å². The maximum Gasteiger partial charge on any atom is 0.128 e. The van der Waals surface area contributed by atoms with Gasteiger partial charge in [0.2, 0.25) is 0 Å². The smallest absolute Gasteiger partial charge is 0.128 e. The first-order chi connectivity index (χ1) is 7.31. The van der Waals surface area contributed by atoms with Crippen LogP contribution in [0.2, 0.25) is 5.02 Å². The molecule has 0 atom stereocenters. The number of hydrogen-bond donors (Lipinski definition) is 0. The molecule has 0 bridgehead atoms. The summed E-state index contributed by atoms with van der Waals surface area (Å²) in [5, 5.41) is 0.682. The van der Waals surface area contributed by atoms with Crippen LogP contribution in [0, 0.1) is 0 Å². The summed E-state index contributed by atoms with van der Waals surface area (Å²) in [5.74, 6) is 0.999. The predicted molar refractivity (Wildman–Crippen MR) is 61.5 cm³/mol. The van der Waals surface area contributed by atoms with Crippen LogP contribution in [0.25, 0.3) is 0 Å². The van der Waals surface area contributed by atoms with E-state index in [4.69, 9.17) is 16.3 Å². The van der Waals surface area contributed by atoms with Crippen molar-refractivity contribution in [3.63, 3.8) is 0 Å². The predicted octanol–water partition coefficient (Wildman–Crippen LogP) is 2.35. The van der Waals surface area contributed by atoms with E-state index in [1.165, 1.54) is 12.8 Å². The fraction of sp³-hybridized carbons (Fsp3) is 0.545. The minimum atomic E-state index is 0.647. The van der Waals surface area contributed by atoms with Gasteiger partial charge < -0.3 is 9.64 Å². The summed E-state index contributed by atoms with van der Waals surface area (Å²) in [5.41, 5.74) is 0. The molecule has 0 saturated heterocycles. The molecule has 1 heterocycles. The van der Waals surface area contributed by atoms with E-state index in [0.717, 1.165) is 19.0 Å². The van der Waals surface area contributed by atoms with Crippen LogP contribution in [0.3, 0.4) is 0 Å². The highest BCUT2D eigenvalue weighted by atomic mass is 35.5. The molecule has 1 aromatic heterocycles. The highest BCUT2D eigenvalue weighted by molar-refractivity contribution is 6.30. The molecule has 3 nitrogen and oxygen atoms in total. The molecule has 0 amide bonds. The molecule has 0 unspecified atom stereocenters. The van der Waals surface area contributed by atoms with Crippen LogP contribution in [0.5, 0.6) is 0 Å². The Morgan fingerprint density at radius 2 is 2.33 bits per heavy atom. The van der Waals surface area contributed by atoms with E-state index < -0.39 is 0 Å². The van der Waals surface area contributed by atoms with E-state index in [1.807, 2.05) is 12.1 Å². The molecule has 1 fully saturated rings. The summed E-state index contributed by atoms with van der Waals surface area (Å²) in [6, 6.07) is 4.50. The minimum Gasteiger partial charge on any atom is -0.383 e. The molecular weight excluding hydrogens is 212 g/mol. The number of nitrogens with zero attached hydrogens (tertiary/aromatic N) is 2. The number of aromatic nitrogens is 1. The highest BCUT2D eigenvalue weighted by Crippen LogP contribution is 2.30. The van der Waals surface area contributed by atoms with Gasteiger partial charge in [-0.2, -0.15) is 0 Å². The van der Waals surface area contributed by atoms with Crippen molar-refractivity contribution >= 4 is 17.4 Å². The van der Waals surface area contributed by atoms with Gasteiger partial charge >= 0.3 is 0 Å². The lowest BCUT2D eigenvalue weighted by Crippen LogP contribution is -2.30. The van der Waals surface area contributed by atoms with Crippen molar-refractivity contribution in [1.82, 2.24) is 4.98 Å². The Morgan fingerprint density at radius 3 is 2.87 bits per heavy atom. The zero-order valence-corrected chi connectivity index (χ0v) is 9.57. The minimum absolute atomic E-state index is 0.647. The Kier molecular flexibility index (Phi) is 3.44. The molecular formula is C11H15ClN2O. The van der Waals surface area contributed by atoms with Crippen LogP contribution < -0.4 is 4.90 Å². The standard InChI is InChI=1S/C11H15ClN2O/c1-15-7-6-14(10-3-4-10)11-5-2-9(12)8-13-11/h2,5,8,10H,3-4,6-7H2,1H3. The number of halogens is 1. The summed E-state index contributed by atoms with van der Waals surface area (Å²) >= 11 is 5.81. The van der Waals surface area contributed by atoms with Gasteiger partial charge in [0.05, 0.1) is 11.6 Å². The van der Waals surface area contributed by atoms with Crippen LogP contribution in [0.1, 0.15) is 12.8 Å². The van der Waals surface area contributed by atoms with E-state index in [2.05, 4.69) is 9.88 Å². The Bertz CT molecular complexity index is 311. The molecule has 0 N–H and O–H groups in total. The van der Waals surface area contributed by atoms with Crippen LogP contribution in [0.4, 0.5) is 5.82 Å². The Morgan fingerprint density at radius 1 is 1.53 bits per heavy atom. The lowest BCUT2D eigenvalue weighted by Gasteiger charge is -2.22. The Balaban J connectivity index is 2.06. The van der Waals surface area contributed by atoms with Gasteiger partial charge in [0, 0.05) is 25.9 Å². The lowest BCUT2D eigenvalue weighted by molar-refractivity contribution is 0.204. The lowest BCUT2D eigenvalue weighted by atomic mass is 10.4. The van der Waals surface area contributed by atoms with Crippen LogP contribution >= 0.6 is 11.6 Å². The Hall–Kier alpha value is -0.800. The van der Waals surface area contributed by atoms with Crippen molar-refractivity contribution in [2.75, 3.05) is 25.2 Å².